The second kappa shape index (κ2) is 8.99. The van der Waals surface area contributed by atoms with Gasteiger partial charge in [0.1, 0.15) is 11.6 Å². The van der Waals surface area contributed by atoms with E-state index in [0.717, 1.165) is 22.9 Å². The minimum atomic E-state index is 0.0156. The van der Waals surface area contributed by atoms with Crippen LogP contribution in [0.3, 0.4) is 0 Å². The maximum absolute atomic E-state index is 11.9. The molecule has 1 heterocycles. The maximum atomic E-state index is 11.9. The molecule has 0 atom stereocenters. The lowest BCUT2D eigenvalue weighted by Gasteiger charge is -2.07. The number of hydrogen-bond donors (Lipinski definition) is 2. The second-order valence-electron chi connectivity index (χ2n) is 5.30. The highest BCUT2D eigenvalue weighted by atomic mass is 32.2. The molecule has 6 nitrogen and oxygen atoms in total. The van der Waals surface area contributed by atoms with Crippen LogP contribution in [0.5, 0.6) is 0 Å². The average molecular weight is 343 g/mol. The molecule has 24 heavy (non-hydrogen) atoms. The van der Waals surface area contributed by atoms with E-state index in [1.54, 1.807) is 23.0 Å². The third-order valence-corrected chi connectivity index (χ3v) is 4.46. The van der Waals surface area contributed by atoms with Gasteiger partial charge in [-0.1, -0.05) is 13.3 Å². The number of thioether (sulfide) groups is 1. The number of nitrogens with zero attached hydrogens (tertiary/aromatic N) is 3. The van der Waals surface area contributed by atoms with Gasteiger partial charge < -0.3 is 11.1 Å². The van der Waals surface area contributed by atoms with Gasteiger partial charge in [-0.3, -0.25) is 4.79 Å². The fourth-order valence-electron chi connectivity index (χ4n) is 2.04. The van der Waals surface area contributed by atoms with Crippen molar-refractivity contribution in [3.8, 4) is 11.8 Å². The van der Waals surface area contributed by atoms with E-state index in [-0.39, 0.29) is 11.7 Å². The summed E-state index contributed by atoms with van der Waals surface area (Å²) in [5.41, 5.74) is 7.50. The van der Waals surface area contributed by atoms with Crippen LogP contribution in [0.2, 0.25) is 0 Å². The molecule has 0 bridgehead atoms. The number of rotatable bonds is 8. The molecule has 0 aliphatic heterocycles. The number of carbonyl (C=O) groups is 1. The molecule has 7 heteroatoms. The van der Waals surface area contributed by atoms with Gasteiger partial charge in [0.25, 0.3) is 0 Å². The van der Waals surface area contributed by atoms with Crippen LogP contribution < -0.4 is 11.1 Å². The van der Waals surface area contributed by atoms with Crippen LogP contribution in [-0.2, 0) is 4.79 Å². The Bertz CT molecular complexity index is 718. The molecule has 126 valence electrons. The molecule has 2 rings (SSSR count). The second-order valence-corrected chi connectivity index (χ2v) is 6.52. The summed E-state index contributed by atoms with van der Waals surface area (Å²) >= 11 is 1.81. The van der Waals surface area contributed by atoms with Crippen molar-refractivity contribution in [1.82, 2.24) is 9.78 Å². The van der Waals surface area contributed by atoms with Crippen molar-refractivity contribution in [3.63, 3.8) is 0 Å². The number of hydrogen-bond acceptors (Lipinski definition) is 5. The Labute approximate surface area is 146 Å². The van der Waals surface area contributed by atoms with Crippen LogP contribution in [0.15, 0.2) is 30.5 Å². The van der Waals surface area contributed by atoms with E-state index in [0.29, 0.717) is 12.0 Å². The van der Waals surface area contributed by atoms with Gasteiger partial charge in [-0.05, 0) is 36.4 Å². The number of nitriles is 1. The van der Waals surface area contributed by atoms with E-state index in [4.69, 9.17) is 11.0 Å². The maximum Gasteiger partial charge on any atom is 0.225 e. The molecule has 3 N–H and O–H groups in total. The van der Waals surface area contributed by atoms with Gasteiger partial charge in [-0.15, -0.1) is 5.10 Å². The molecule has 0 aliphatic rings. The average Bonchev–Trinajstić information content (AvgIpc) is 2.96. The smallest absolute Gasteiger partial charge is 0.225 e. The number of aromatic nitrogens is 2. The molecule has 0 radical (unpaired) electrons. The highest BCUT2D eigenvalue weighted by Gasteiger charge is 2.07. The summed E-state index contributed by atoms with van der Waals surface area (Å²) in [4.78, 5) is 11.9. The van der Waals surface area contributed by atoms with E-state index in [2.05, 4.69) is 17.3 Å². The molecule has 0 aliphatic carbocycles. The Morgan fingerprint density at radius 1 is 1.38 bits per heavy atom. The number of unbranched alkanes of at least 4 members (excludes halogenated alkanes) is 1. The Hall–Kier alpha value is -2.46. The van der Waals surface area contributed by atoms with Crippen LogP contribution in [0.25, 0.3) is 5.69 Å². The summed E-state index contributed by atoms with van der Waals surface area (Å²) in [6, 6.07) is 9.24. The highest BCUT2D eigenvalue weighted by molar-refractivity contribution is 7.99. The van der Waals surface area contributed by atoms with Gasteiger partial charge in [-0.2, -0.15) is 17.0 Å². The molecule has 0 fully saturated rings. The van der Waals surface area contributed by atoms with Crippen molar-refractivity contribution in [1.29, 1.82) is 5.26 Å². The lowest BCUT2D eigenvalue weighted by molar-refractivity contribution is -0.115. The van der Waals surface area contributed by atoms with Crippen molar-refractivity contribution >= 4 is 29.2 Å². The largest absolute Gasteiger partial charge is 0.381 e. The summed E-state index contributed by atoms with van der Waals surface area (Å²) < 4.78 is 1.55. The minimum Gasteiger partial charge on any atom is -0.381 e. The normalized spacial score (nSPS) is 10.3. The first-order valence-electron chi connectivity index (χ1n) is 7.87. The third-order valence-electron chi connectivity index (χ3n) is 3.39. The quantitative estimate of drug-likeness (QED) is 0.718. The number of benzene rings is 1. The van der Waals surface area contributed by atoms with Crippen LogP contribution in [0, 0.1) is 11.3 Å². The third kappa shape index (κ3) is 5.03. The monoisotopic (exact) mass is 343 g/mol. The van der Waals surface area contributed by atoms with Crippen molar-refractivity contribution in [2.75, 3.05) is 22.6 Å². The molecule has 1 aromatic carbocycles. The van der Waals surface area contributed by atoms with E-state index in [9.17, 15) is 4.79 Å². The van der Waals surface area contributed by atoms with Crippen molar-refractivity contribution in [2.24, 2.45) is 0 Å². The van der Waals surface area contributed by atoms with Crippen LogP contribution >= 0.6 is 11.8 Å². The van der Waals surface area contributed by atoms with Crippen LogP contribution in [0.1, 0.15) is 31.7 Å². The SMILES string of the molecule is CCCCSCCC(=O)Nc1ccc(-n2cc(C#N)c(N)n2)cc1. The fourth-order valence-corrected chi connectivity index (χ4v) is 3.07. The molecule has 0 unspecified atom stereocenters. The summed E-state index contributed by atoms with van der Waals surface area (Å²) in [5.74, 6) is 2.17. The molecule has 1 amide bonds. The van der Waals surface area contributed by atoms with Gasteiger partial charge in [0, 0.05) is 17.9 Å². The topological polar surface area (TPSA) is 96.7 Å². The predicted molar refractivity (Wildman–Crippen MR) is 98.2 cm³/mol. The first-order valence-corrected chi connectivity index (χ1v) is 9.02. The van der Waals surface area contributed by atoms with E-state index >= 15 is 0 Å². The molecule has 0 spiro atoms. The van der Waals surface area contributed by atoms with E-state index in [1.807, 2.05) is 30.0 Å². The number of carbonyl (C=O) groups excluding carboxylic acids is 1. The van der Waals surface area contributed by atoms with Crippen molar-refractivity contribution in [2.45, 2.75) is 26.2 Å². The Kier molecular flexibility index (Phi) is 6.70. The van der Waals surface area contributed by atoms with Crippen molar-refractivity contribution < 1.29 is 4.79 Å². The molecule has 2 aromatic rings. The van der Waals surface area contributed by atoms with Gasteiger partial charge in [0.15, 0.2) is 5.82 Å². The molecular weight excluding hydrogens is 322 g/mol. The van der Waals surface area contributed by atoms with Gasteiger partial charge in [-0.25, -0.2) is 4.68 Å². The number of nitrogen functional groups attached to an aromatic ring is 1. The highest BCUT2D eigenvalue weighted by Crippen LogP contribution is 2.16. The molecule has 1 aromatic heterocycles. The van der Waals surface area contributed by atoms with Crippen molar-refractivity contribution in [3.05, 3.63) is 36.0 Å². The fraction of sp³-hybridized carbons (Fsp3) is 0.353. The zero-order valence-electron chi connectivity index (χ0n) is 13.7. The first-order chi connectivity index (χ1) is 11.6. The minimum absolute atomic E-state index is 0.0156. The van der Waals surface area contributed by atoms with Crippen LogP contribution in [0.4, 0.5) is 11.5 Å². The zero-order chi connectivity index (χ0) is 17.4. The lowest BCUT2D eigenvalue weighted by Crippen LogP contribution is -2.12. The lowest BCUT2D eigenvalue weighted by atomic mass is 10.2. The van der Waals surface area contributed by atoms with E-state index < -0.39 is 0 Å². The van der Waals surface area contributed by atoms with E-state index in [1.165, 1.54) is 12.8 Å². The summed E-state index contributed by atoms with van der Waals surface area (Å²) in [6.07, 6.45) is 4.47. The summed E-state index contributed by atoms with van der Waals surface area (Å²) in [6.45, 7) is 2.16. The molecular formula is C17H21N5OS. The number of anilines is 2. The zero-order valence-corrected chi connectivity index (χ0v) is 14.5. The Morgan fingerprint density at radius 2 is 2.12 bits per heavy atom. The summed E-state index contributed by atoms with van der Waals surface area (Å²) in [5, 5.41) is 15.9. The number of amides is 1. The standard InChI is InChI=1S/C17H21N5OS/c1-2-3-9-24-10-8-16(23)20-14-4-6-15(7-5-14)22-12-13(11-18)17(19)21-22/h4-7,12H,2-3,8-10H2,1H3,(H2,19,21)(H,20,23). The Balaban J connectivity index is 1.87. The molecule has 0 saturated carbocycles. The van der Waals surface area contributed by atoms with Gasteiger partial charge in [0.05, 0.1) is 11.9 Å². The van der Waals surface area contributed by atoms with Gasteiger partial charge in [0.2, 0.25) is 5.91 Å². The number of nitrogens with two attached hydrogens (primary N) is 1. The molecule has 0 saturated heterocycles. The first kappa shape index (κ1) is 17.9. The number of nitrogens with one attached hydrogen (secondary N) is 1. The van der Waals surface area contributed by atoms with Gasteiger partial charge >= 0.3 is 0 Å². The van der Waals surface area contributed by atoms with Crippen LogP contribution in [-0.4, -0.2) is 27.2 Å². The summed E-state index contributed by atoms with van der Waals surface area (Å²) in [7, 11) is 0. The Morgan fingerprint density at radius 3 is 2.75 bits per heavy atom. The predicted octanol–water partition coefficient (Wildman–Crippen LogP) is 3.19.